The van der Waals surface area contributed by atoms with Crippen molar-refractivity contribution in [2.24, 2.45) is 0 Å². The number of hydrogen-bond acceptors (Lipinski definition) is 1. The summed E-state index contributed by atoms with van der Waals surface area (Å²) in [7, 11) is 0. The van der Waals surface area contributed by atoms with E-state index < -0.39 is 0 Å². The maximum atomic E-state index is 8.32. The summed E-state index contributed by atoms with van der Waals surface area (Å²) in [5.74, 6) is 0. The number of nitrogens with zero attached hydrogens (tertiary/aromatic N) is 1. The van der Waals surface area contributed by atoms with Gasteiger partial charge in [-0.2, -0.15) is 0 Å². The topological polar surface area (TPSA) is 34.3 Å². The minimum Gasteiger partial charge on any atom is -0.297 e. The highest BCUT2D eigenvalue weighted by atomic mass is 16.5. The Morgan fingerprint density at radius 3 is 2.12 bits per heavy atom. The third-order valence-electron chi connectivity index (χ3n) is 1.74. The molecule has 0 spiro atoms. The van der Waals surface area contributed by atoms with Crippen LogP contribution in [-0.4, -0.2) is 11.2 Å². The average Bonchev–Trinajstić information content (AvgIpc) is 1.90. The van der Waals surface area contributed by atoms with E-state index in [1.54, 1.807) is 0 Å². The van der Waals surface area contributed by atoms with Crippen molar-refractivity contribution < 1.29 is 5.21 Å². The second kappa shape index (κ2) is 3.05. The Hall–Kier alpha value is -0.0800. The van der Waals surface area contributed by atoms with Crippen molar-refractivity contribution >= 4 is 0 Å². The molecule has 0 amide bonds. The lowest BCUT2D eigenvalue weighted by atomic mass is 9.96. The van der Waals surface area contributed by atoms with Gasteiger partial charge in [-0.05, 0) is 12.8 Å². The zero-order chi connectivity index (χ0) is 5.82. The molecule has 0 saturated heterocycles. The van der Waals surface area contributed by atoms with Gasteiger partial charge in [-0.15, -0.1) is 0 Å². The van der Waals surface area contributed by atoms with E-state index in [4.69, 9.17) is 5.21 Å². The number of hydrogen-bond donors (Lipinski definition) is 1. The standard InChI is InChI=1S/C6H12NO/c8-7-6-4-2-1-3-5-6/h6,8H,1-5H2. The molecule has 1 aliphatic carbocycles. The molecule has 0 bridgehead atoms. The first kappa shape index (κ1) is 6.05. The monoisotopic (exact) mass is 114 g/mol. The molecule has 0 unspecified atom stereocenters. The van der Waals surface area contributed by atoms with Gasteiger partial charge in [-0.25, -0.2) is 0 Å². The van der Waals surface area contributed by atoms with Crippen molar-refractivity contribution in [3.8, 4) is 0 Å². The quantitative estimate of drug-likeness (QED) is 0.512. The molecule has 0 aromatic rings. The molecule has 2 heteroatoms. The van der Waals surface area contributed by atoms with Gasteiger partial charge in [0.1, 0.15) is 0 Å². The van der Waals surface area contributed by atoms with Crippen molar-refractivity contribution in [2.45, 2.75) is 38.1 Å². The van der Waals surface area contributed by atoms with E-state index in [2.05, 4.69) is 5.48 Å². The van der Waals surface area contributed by atoms with E-state index >= 15 is 0 Å². The third kappa shape index (κ3) is 1.46. The van der Waals surface area contributed by atoms with Crippen LogP contribution in [0.2, 0.25) is 0 Å². The van der Waals surface area contributed by atoms with E-state index in [0.717, 1.165) is 12.8 Å². The third-order valence-corrected chi connectivity index (χ3v) is 1.74. The van der Waals surface area contributed by atoms with Crippen LogP contribution in [0.1, 0.15) is 32.1 Å². The molecule has 0 heterocycles. The number of hydroxylamine groups is 1. The number of rotatable bonds is 1. The lowest BCUT2D eigenvalue weighted by Gasteiger charge is -2.16. The molecule has 0 aromatic carbocycles. The van der Waals surface area contributed by atoms with Crippen molar-refractivity contribution in [3.63, 3.8) is 0 Å². The Labute approximate surface area is 49.9 Å². The summed E-state index contributed by atoms with van der Waals surface area (Å²) >= 11 is 0. The average molecular weight is 114 g/mol. The minimum atomic E-state index is 0.267. The first-order valence-electron chi connectivity index (χ1n) is 3.27. The molecule has 1 saturated carbocycles. The van der Waals surface area contributed by atoms with Gasteiger partial charge in [0.15, 0.2) is 0 Å². The van der Waals surface area contributed by atoms with E-state index in [9.17, 15) is 0 Å². The Balaban J connectivity index is 2.13. The Morgan fingerprint density at radius 1 is 1.12 bits per heavy atom. The van der Waals surface area contributed by atoms with Crippen molar-refractivity contribution in [1.82, 2.24) is 5.48 Å². The molecule has 0 aliphatic heterocycles. The molecular weight excluding hydrogens is 102 g/mol. The second-order valence-electron chi connectivity index (χ2n) is 2.41. The van der Waals surface area contributed by atoms with Crippen molar-refractivity contribution in [1.29, 1.82) is 0 Å². The Kier molecular flexibility index (Phi) is 2.30. The van der Waals surface area contributed by atoms with Crippen LogP contribution >= 0.6 is 0 Å². The summed E-state index contributed by atoms with van der Waals surface area (Å²) in [6.45, 7) is 0. The molecule has 1 fully saturated rings. The van der Waals surface area contributed by atoms with Crippen LogP contribution in [0.25, 0.3) is 0 Å². The summed E-state index contributed by atoms with van der Waals surface area (Å²) in [6.07, 6.45) is 6.00. The van der Waals surface area contributed by atoms with Gasteiger partial charge in [0.05, 0.1) is 6.04 Å². The largest absolute Gasteiger partial charge is 0.297 e. The second-order valence-corrected chi connectivity index (χ2v) is 2.41. The van der Waals surface area contributed by atoms with Crippen LogP contribution in [0, 0.1) is 0 Å². The summed E-state index contributed by atoms with van der Waals surface area (Å²) in [6, 6.07) is 0.267. The van der Waals surface area contributed by atoms with Gasteiger partial charge in [-0.1, -0.05) is 24.7 Å². The molecule has 1 N–H and O–H groups in total. The Morgan fingerprint density at radius 2 is 1.75 bits per heavy atom. The highest BCUT2D eigenvalue weighted by Gasteiger charge is 2.11. The fourth-order valence-electron chi connectivity index (χ4n) is 1.20. The van der Waals surface area contributed by atoms with E-state index in [1.165, 1.54) is 19.3 Å². The summed E-state index contributed by atoms with van der Waals surface area (Å²) < 4.78 is 0. The molecule has 1 aliphatic rings. The normalized spacial score (nSPS) is 23.6. The summed E-state index contributed by atoms with van der Waals surface area (Å²) in [5.41, 5.74) is 3.25. The zero-order valence-corrected chi connectivity index (χ0v) is 5.01. The Bertz CT molecular complexity index is 59.5. The van der Waals surface area contributed by atoms with Gasteiger partial charge < -0.3 is 0 Å². The van der Waals surface area contributed by atoms with Crippen LogP contribution in [0.4, 0.5) is 0 Å². The van der Waals surface area contributed by atoms with Crippen molar-refractivity contribution in [2.75, 3.05) is 0 Å². The van der Waals surface area contributed by atoms with Crippen LogP contribution in [0.15, 0.2) is 0 Å². The zero-order valence-electron chi connectivity index (χ0n) is 5.01. The summed E-state index contributed by atoms with van der Waals surface area (Å²) in [4.78, 5) is 0. The molecule has 1 radical (unpaired) electrons. The fraction of sp³-hybridized carbons (Fsp3) is 1.00. The molecule has 0 aromatic heterocycles. The smallest absolute Gasteiger partial charge is 0.0535 e. The van der Waals surface area contributed by atoms with Gasteiger partial charge >= 0.3 is 0 Å². The van der Waals surface area contributed by atoms with E-state index in [-0.39, 0.29) is 6.04 Å². The van der Waals surface area contributed by atoms with Crippen molar-refractivity contribution in [3.05, 3.63) is 0 Å². The first-order valence-corrected chi connectivity index (χ1v) is 3.27. The minimum absolute atomic E-state index is 0.267. The van der Waals surface area contributed by atoms with Gasteiger partial charge in [-0.3, -0.25) is 5.21 Å². The van der Waals surface area contributed by atoms with Gasteiger partial charge in [0.2, 0.25) is 0 Å². The molecule has 0 atom stereocenters. The van der Waals surface area contributed by atoms with Gasteiger partial charge in [0, 0.05) is 0 Å². The highest BCUT2D eigenvalue weighted by molar-refractivity contribution is 4.66. The molecule has 47 valence electrons. The van der Waals surface area contributed by atoms with E-state index in [0.29, 0.717) is 0 Å². The fourth-order valence-corrected chi connectivity index (χ4v) is 1.20. The highest BCUT2D eigenvalue weighted by Crippen LogP contribution is 2.17. The van der Waals surface area contributed by atoms with Crippen LogP contribution in [0.3, 0.4) is 0 Å². The lowest BCUT2D eigenvalue weighted by molar-refractivity contribution is 0.0967. The van der Waals surface area contributed by atoms with E-state index in [1.807, 2.05) is 0 Å². The predicted octanol–water partition coefficient (Wildman–Crippen LogP) is 1.31. The molecule has 8 heavy (non-hydrogen) atoms. The predicted molar refractivity (Wildman–Crippen MR) is 30.8 cm³/mol. The first-order chi connectivity index (χ1) is 3.93. The van der Waals surface area contributed by atoms with Crippen LogP contribution in [0.5, 0.6) is 0 Å². The van der Waals surface area contributed by atoms with Crippen LogP contribution in [-0.2, 0) is 0 Å². The SMILES string of the molecule is O[N]C1CCCCC1. The lowest BCUT2D eigenvalue weighted by Crippen LogP contribution is -2.21. The maximum Gasteiger partial charge on any atom is 0.0535 e. The summed E-state index contributed by atoms with van der Waals surface area (Å²) in [5, 5.41) is 8.32. The van der Waals surface area contributed by atoms with Crippen LogP contribution < -0.4 is 5.48 Å². The molecular formula is C6H12NO. The maximum absolute atomic E-state index is 8.32. The molecule has 1 rings (SSSR count). The van der Waals surface area contributed by atoms with Gasteiger partial charge in [0.25, 0.3) is 0 Å². The molecule has 2 nitrogen and oxygen atoms in total.